The summed E-state index contributed by atoms with van der Waals surface area (Å²) in [6, 6.07) is 10.6. The van der Waals surface area contributed by atoms with Crippen molar-refractivity contribution in [1.29, 1.82) is 0 Å². The average Bonchev–Trinajstić information content (AvgIpc) is 2.78. The van der Waals surface area contributed by atoms with E-state index in [2.05, 4.69) is 36.5 Å². The maximum Gasteiger partial charge on any atom is 0.127 e. The molecule has 1 N–H and O–H groups in total. The Kier molecular flexibility index (Phi) is 3.82. The van der Waals surface area contributed by atoms with Crippen molar-refractivity contribution in [1.82, 2.24) is 5.32 Å². The number of aryl methyl sites for hydroxylation is 1. The van der Waals surface area contributed by atoms with E-state index < -0.39 is 0 Å². The molecule has 2 aromatic rings. The van der Waals surface area contributed by atoms with Crippen LogP contribution in [-0.2, 0) is 6.54 Å². The number of nitrogens with one attached hydrogen (secondary N) is 1. The summed E-state index contributed by atoms with van der Waals surface area (Å²) in [5, 5.41) is 3.17. The Bertz CT molecular complexity index is 505. The second-order valence-corrected chi connectivity index (χ2v) is 5.17. The van der Waals surface area contributed by atoms with Gasteiger partial charge in [-0.1, -0.05) is 11.6 Å². The van der Waals surface area contributed by atoms with Crippen LogP contribution >= 0.6 is 11.3 Å². The zero-order valence-electron chi connectivity index (χ0n) is 10.4. The summed E-state index contributed by atoms with van der Waals surface area (Å²) >= 11 is 1.81. The zero-order chi connectivity index (χ0) is 12.3. The highest BCUT2D eigenvalue weighted by molar-refractivity contribution is 7.15. The molecule has 1 aromatic heterocycles. The second kappa shape index (κ2) is 5.34. The van der Waals surface area contributed by atoms with Crippen LogP contribution in [0, 0.1) is 6.92 Å². The highest BCUT2D eigenvalue weighted by Gasteiger charge is 2.08. The zero-order valence-corrected chi connectivity index (χ0v) is 11.2. The van der Waals surface area contributed by atoms with E-state index in [-0.39, 0.29) is 0 Å². The lowest BCUT2D eigenvalue weighted by Crippen LogP contribution is -2.02. The highest BCUT2D eigenvalue weighted by atomic mass is 32.1. The molecule has 2 rings (SSSR count). The predicted octanol–water partition coefficient (Wildman–Crippen LogP) is 3.45. The van der Waals surface area contributed by atoms with E-state index in [1.54, 1.807) is 18.4 Å². The number of methoxy groups -OCH3 is 1. The van der Waals surface area contributed by atoms with Crippen LogP contribution in [0.15, 0.2) is 30.3 Å². The van der Waals surface area contributed by atoms with Gasteiger partial charge >= 0.3 is 0 Å². The normalized spacial score (nSPS) is 10.5. The summed E-state index contributed by atoms with van der Waals surface area (Å²) in [7, 11) is 3.68. The van der Waals surface area contributed by atoms with Crippen LogP contribution in [0.2, 0.25) is 0 Å². The first-order valence-electron chi connectivity index (χ1n) is 5.63. The van der Waals surface area contributed by atoms with Crippen LogP contribution in [0.25, 0.3) is 10.4 Å². The molecular weight excluding hydrogens is 230 g/mol. The fourth-order valence-electron chi connectivity index (χ4n) is 1.81. The Morgan fingerprint density at radius 3 is 2.76 bits per heavy atom. The number of rotatable bonds is 4. The third-order valence-corrected chi connectivity index (χ3v) is 3.75. The summed E-state index contributed by atoms with van der Waals surface area (Å²) in [5.41, 5.74) is 2.43. The van der Waals surface area contributed by atoms with Gasteiger partial charge in [-0.05, 0) is 38.2 Å². The monoisotopic (exact) mass is 247 g/mol. The summed E-state index contributed by atoms with van der Waals surface area (Å²) < 4.78 is 5.42. The molecule has 0 atom stereocenters. The molecule has 0 aliphatic carbocycles. The van der Waals surface area contributed by atoms with Gasteiger partial charge in [-0.25, -0.2) is 0 Å². The maximum atomic E-state index is 5.42. The Morgan fingerprint density at radius 1 is 1.24 bits per heavy atom. The summed E-state index contributed by atoms with van der Waals surface area (Å²) in [5.74, 6) is 0.938. The molecule has 0 unspecified atom stereocenters. The number of ether oxygens (including phenoxy) is 1. The Hall–Kier alpha value is -1.32. The minimum absolute atomic E-state index is 0.915. The van der Waals surface area contributed by atoms with Gasteiger partial charge in [0.1, 0.15) is 5.75 Å². The van der Waals surface area contributed by atoms with E-state index in [4.69, 9.17) is 4.74 Å². The first-order chi connectivity index (χ1) is 8.24. The topological polar surface area (TPSA) is 21.3 Å². The van der Waals surface area contributed by atoms with E-state index in [1.807, 2.05) is 13.1 Å². The average molecular weight is 247 g/mol. The van der Waals surface area contributed by atoms with Crippen molar-refractivity contribution in [2.45, 2.75) is 13.5 Å². The Balaban J connectivity index is 2.40. The first kappa shape index (κ1) is 12.1. The predicted molar refractivity (Wildman–Crippen MR) is 73.8 cm³/mol. The molecule has 1 aromatic carbocycles. The van der Waals surface area contributed by atoms with Crippen molar-refractivity contribution >= 4 is 11.3 Å². The van der Waals surface area contributed by atoms with Crippen molar-refractivity contribution < 1.29 is 4.74 Å². The lowest BCUT2D eigenvalue weighted by atomic mass is 10.1. The van der Waals surface area contributed by atoms with E-state index in [9.17, 15) is 0 Å². The van der Waals surface area contributed by atoms with Crippen LogP contribution in [0.4, 0.5) is 0 Å². The maximum absolute atomic E-state index is 5.42. The van der Waals surface area contributed by atoms with Crippen LogP contribution < -0.4 is 10.1 Å². The molecule has 90 valence electrons. The van der Waals surface area contributed by atoms with Gasteiger partial charge < -0.3 is 10.1 Å². The Morgan fingerprint density at radius 2 is 2.06 bits per heavy atom. The number of hydrogen-bond acceptors (Lipinski definition) is 3. The smallest absolute Gasteiger partial charge is 0.127 e. The van der Waals surface area contributed by atoms with E-state index in [0.717, 1.165) is 12.3 Å². The minimum Gasteiger partial charge on any atom is -0.496 e. The summed E-state index contributed by atoms with van der Waals surface area (Å²) in [6.45, 7) is 3.02. The molecule has 0 radical (unpaired) electrons. The molecule has 1 heterocycles. The lowest BCUT2D eigenvalue weighted by Gasteiger charge is -2.07. The van der Waals surface area contributed by atoms with Crippen molar-refractivity contribution in [2.75, 3.05) is 14.2 Å². The first-order valence-corrected chi connectivity index (χ1v) is 6.44. The third-order valence-electron chi connectivity index (χ3n) is 2.63. The highest BCUT2D eigenvalue weighted by Crippen LogP contribution is 2.35. The quantitative estimate of drug-likeness (QED) is 0.893. The lowest BCUT2D eigenvalue weighted by molar-refractivity contribution is 0.416. The molecule has 0 saturated heterocycles. The molecule has 0 aliphatic rings. The second-order valence-electron chi connectivity index (χ2n) is 4.00. The molecular formula is C14H17NOS. The largest absolute Gasteiger partial charge is 0.496 e. The van der Waals surface area contributed by atoms with Crippen molar-refractivity contribution in [3.63, 3.8) is 0 Å². The fraction of sp³-hybridized carbons (Fsp3) is 0.286. The summed E-state index contributed by atoms with van der Waals surface area (Å²) in [4.78, 5) is 2.60. The van der Waals surface area contributed by atoms with Gasteiger partial charge in [-0.15, -0.1) is 11.3 Å². The van der Waals surface area contributed by atoms with E-state index in [1.165, 1.54) is 20.9 Å². The van der Waals surface area contributed by atoms with Gasteiger partial charge in [-0.3, -0.25) is 0 Å². The van der Waals surface area contributed by atoms with Crippen LogP contribution in [0.5, 0.6) is 5.75 Å². The molecule has 0 fully saturated rings. The molecule has 0 aliphatic heterocycles. The van der Waals surface area contributed by atoms with Crippen LogP contribution in [-0.4, -0.2) is 14.2 Å². The van der Waals surface area contributed by atoms with Crippen LogP contribution in [0.1, 0.15) is 10.4 Å². The van der Waals surface area contributed by atoms with Gasteiger partial charge in [0.2, 0.25) is 0 Å². The standard InChI is InChI=1S/C14H17NOS/c1-10-4-6-13(16-3)12(8-10)14-7-5-11(17-14)9-15-2/h4-8,15H,9H2,1-3H3. The number of hydrogen-bond donors (Lipinski definition) is 1. The minimum atomic E-state index is 0.915. The molecule has 0 spiro atoms. The van der Waals surface area contributed by atoms with Gasteiger partial charge in [0.25, 0.3) is 0 Å². The fourth-order valence-corrected chi connectivity index (χ4v) is 2.85. The van der Waals surface area contributed by atoms with E-state index >= 15 is 0 Å². The molecule has 17 heavy (non-hydrogen) atoms. The molecule has 2 nitrogen and oxygen atoms in total. The molecule has 0 amide bonds. The van der Waals surface area contributed by atoms with Crippen molar-refractivity contribution in [2.24, 2.45) is 0 Å². The summed E-state index contributed by atoms with van der Waals surface area (Å²) in [6.07, 6.45) is 0. The third kappa shape index (κ3) is 2.68. The molecule has 0 saturated carbocycles. The number of benzene rings is 1. The van der Waals surface area contributed by atoms with Crippen LogP contribution in [0.3, 0.4) is 0 Å². The van der Waals surface area contributed by atoms with E-state index in [0.29, 0.717) is 0 Å². The molecule has 3 heteroatoms. The Labute approximate surface area is 106 Å². The van der Waals surface area contributed by atoms with Crippen molar-refractivity contribution in [3.05, 3.63) is 40.8 Å². The SMILES string of the molecule is CNCc1ccc(-c2cc(C)ccc2OC)s1. The van der Waals surface area contributed by atoms with Gasteiger partial charge in [0.15, 0.2) is 0 Å². The van der Waals surface area contributed by atoms with Gasteiger partial charge in [0, 0.05) is 21.9 Å². The number of thiophene rings is 1. The van der Waals surface area contributed by atoms with Gasteiger partial charge in [0.05, 0.1) is 7.11 Å². The van der Waals surface area contributed by atoms with Gasteiger partial charge in [-0.2, -0.15) is 0 Å². The molecule has 0 bridgehead atoms. The van der Waals surface area contributed by atoms with Crippen molar-refractivity contribution in [3.8, 4) is 16.2 Å².